The van der Waals surface area contributed by atoms with Crippen LogP contribution in [0.3, 0.4) is 0 Å². The van der Waals surface area contributed by atoms with Gasteiger partial charge in [0.15, 0.2) is 11.6 Å². The van der Waals surface area contributed by atoms with Crippen molar-refractivity contribution < 1.29 is 13.5 Å². The Hall–Kier alpha value is -0.870. The highest BCUT2D eigenvalue weighted by Gasteiger charge is 2.16. The van der Waals surface area contributed by atoms with Crippen molar-refractivity contribution in [3.05, 3.63) is 29.3 Å². The predicted molar refractivity (Wildman–Crippen MR) is 76.2 cm³/mol. The maximum absolute atomic E-state index is 13.7. The molecule has 0 saturated carbocycles. The fourth-order valence-electron chi connectivity index (χ4n) is 1.79. The van der Waals surface area contributed by atoms with Gasteiger partial charge in [-0.25, -0.2) is 4.39 Å². The minimum atomic E-state index is -0.888. The van der Waals surface area contributed by atoms with Crippen LogP contribution in [0.1, 0.15) is 31.7 Å². The van der Waals surface area contributed by atoms with E-state index >= 15 is 0 Å². The predicted octanol–water partition coefficient (Wildman–Crippen LogP) is 3.85. The van der Waals surface area contributed by atoms with Crippen LogP contribution in [-0.2, 0) is 0 Å². The van der Waals surface area contributed by atoms with Gasteiger partial charge in [-0.2, -0.15) is 4.39 Å². The fraction of sp³-hybridized carbons (Fsp3) is 0.571. The summed E-state index contributed by atoms with van der Waals surface area (Å²) in [4.78, 5) is 0. The van der Waals surface area contributed by atoms with E-state index in [-0.39, 0.29) is 24.3 Å². The molecular weight excluding hydrogens is 272 g/mol. The van der Waals surface area contributed by atoms with Crippen molar-refractivity contribution in [2.75, 3.05) is 13.6 Å². The summed E-state index contributed by atoms with van der Waals surface area (Å²) in [7, 11) is 1.86. The van der Waals surface area contributed by atoms with Crippen LogP contribution in [0.25, 0.3) is 0 Å². The molecule has 0 amide bonds. The number of nitrogens with one attached hydrogen (secondary N) is 1. The molecule has 0 fully saturated rings. The van der Waals surface area contributed by atoms with Gasteiger partial charge >= 0.3 is 0 Å². The minimum Gasteiger partial charge on any atom is -0.487 e. The molecule has 1 aromatic rings. The number of halogens is 3. The lowest BCUT2D eigenvalue weighted by molar-refractivity contribution is 0.170. The number of hydrogen-bond donors (Lipinski definition) is 1. The molecule has 2 nitrogen and oxygen atoms in total. The van der Waals surface area contributed by atoms with E-state index in [1.807, 2.05) is 14.0 Å². The molecule has 19 heavy (non-hydrogen) atoms. The third-order valence-corrected chi connectivity index (χ3v) is 2.86. The second-order valence-electron chi connectivity index (χ2n) is 4.43. The van der Waals surface area contributed by atoms with Gasteiger partial charge in [-0.1, -0.05) is 19.4 Å². The Morgan fingerprint density at radius 1 is 1.21 bits per heavy atom. The maximum atomic E-state index is 13.7. The molecule has 1 unspecified atom stereocenters. The van der Waals surface area contributed by atoms with Crippen LogP contribution in [-0.4, -0.2) is 19.7 Å². The average molecular weight is 294 g/mol. The Morgan fingerprint density at radius 2 is 1.89 bits per heavy atom. The number of aryl methyl sites for hydroxylation is 1. The van der Waals surface area contributed by atoms with E-state index in [2.05, 4.69) is 5.32 Å². The Bertz CT molecular complexity index is 388. The van der Waals surface area contributed by atoms with Crippen molar-refractivity contribution in [3.63, 3.8) is 0 Å². The largest absolute Gasteiger partial charge is 0.487 e. The molecule has 0 aliphatic heterocycles. The van der Waals surface area contributed by atoms with E-state index in [1.54, 1.807) is 0 Å². The number of benzene rings is 1. The molecule has 0 heterocycles. The van der Waals surface area contributed by atoms with Crippen molar-refractivity contribution in [2.45, 2.75) is 39.2 Å². The lowest BCUT2D eigenvalue weighted by Crippen LogP contribution is -2.23. The quantitative estimate of drug-likeness (QED) is 0.824. The summed E-state index contributed by atoms with van der Waals surface area (Å²) in [5.41, 5.74) is 0.294. The highest BCUT2D eigenvalue weighted by molar-refractivity contribution is 5.85. The normalized spacial score (nSPS) is 11.8. The topological polar surface area (TPSA) is 21.3 Å². The Morgan fingerprint density at radius 3 is 2.47 bits per heavy atom. The summed E-state index contributed by atoms with van der Waals surface area (Å²) in [6, 6.07) is 3.03. The van der Waals surface area contributed by atoms with Crippen molar-refractivity contribution in [3.8, 4) is 5.75 Å². The van der Waals surface area contributed by atoms with Crippen LogP contribution >= 0.6 is 12.4 Å². The molecule has 0 aliphatic rings. The SMILES string of the molecule is CCCC(CCNC)Oc1ccc(C)c(F)c1F.Cl. The van der Waals surface area contributed by atoms with E-state index in [0.717, 1.165) is 25.8 Å². The number of hydrogen-bond acceptors (Lipinski definition) is 2. The number of ether oxygens (including phenoxy) is 1. The molecule has 0 radical (unpaired) electrons. The molecule has 0 spiro atoms. The second kappa shape index (κ2) is 9.10. The van der Waals surface area contributed by atoms with Gasteiger partial charge in [0.1, 0.15) is 6.10 Å². The average Bonchev–Trinajstić information content (AvgIpc) is 2.36. The molecule has 1 aromatic carbocycles. The molecule has 1 atom stereocenters. The van der Waals surface area contributed by atoms with Gasteiger partial charge in [-0.3, -0.25) is 0 Å². The summed E-state index contributed by atoms with van der Waals surface area (Å²) in [6.45, 7) is 4.37. The molecular formula is C14H22ClF2NO. The molecule has 0 aromatic heterocycles. The van der Waals surface area contributed by atoms with Crippen LogP contribution in [0.15, 0.2) is 12.1 Å². The van der Waals surface area contributed by atoms with E-state index in [0.29, 0.717) is 5.56 Å². The monoisotopic (exact) mass is 293 g/mol. The van der Waals surface area contributed by atoms with Gasteiger partial charge in [0.2, 0.25) is 5.82 Å². The van der Waals surface area contributed by atoms with Gasteiger partial charge in [-0.15, -0.1) is 12.4 Å². The first-order chi connectivity index (χ1) is 8.60. The summed E-state index contributed by atoms with van der Waals surface area (Å²) in [5, 5.41) is 3.03. The van der Waals surface area contributed by atoms with Crippen LogP contribution in [0.2, 0.25) is 0 Å². The van der Waals surface area contributed by atoms with E-state index in [4.69, 9.17) is 4.74 Å². The third kappa shape index (κ3) is 5.33. The summed E-state index contributed by atoms with van der Waals surface area (Å²) in [6.07, 6.45) is 2.47. The molecule has 5 heteroatoms. The van der Waals surface area contributed by atoms with Gasteiger partial charge in [0.05, 0.1) is 0 Å². The molecule has 0 saturated heterocycles. The first kappa shape index (κ1) is 18.1. The summed E-state index contributed by atoms with van der Waals surface area (Å²) >= 11 is 0. The first-order valence-electron chi connectivity index (χ1n) is 6.36. The van der Waals surface area contributed by atoms with Crippen LogP contribution in [0.4, 0.5) is 8.78 Å². The highest BCUT2D eigenvalue weighted by Crippen LogP contribution is 2.24. The van der Waals surface area contributed by atoms with Crippen molar-refractivity contribution >= 4 is 12.4 Å². The standard InChI is InChI=1S/C14H21F2NO.ClH/c1-4-5-11(8-9-17-3)18-12-7-6-10(2)13(15)14(12)16;/h6-7,11,17H,4-5,8-9H2,1-3H3;1H. The highest BCUT2D eigenvalue weighted by atomic mass is 35.5. The van der Waals surface area contributed by atoms with Gasteiger partial charge in [-0.05, 0) is 45.0 Å². The Labute approximate surface area is 119 Å². The Balaban J connectivity index is 0.00000324. The van der Waals surface area contributed by atoms with E-state index in [9.17, 15) is 8.78 Å². The third-order valence-electron chi connectivity index (χ3n) is 2.86. The van der Waals surface area contributed by atoms with Gasteiger partial charge in [0.25, 0.3) is 0 Å². The number of rotatable bonds is 7. The zero-order chi connectivity index (χ0) is 13.5. The smallest absolute Gasteiger partial charge is 0.200 e. The van der Waals surface area contributed by atoms with E-state index in [1.165, 1.54) is 19.1 Å². The van der Waals surface area contributed by atoms with Gasteiger partial charge in [0, 0.05) is 0 Å². The fourth-order valence-corrected chi connectivity index (χ4v) is 1.79. The maximum Gasteiger partial charge on any atom is 0.200 e. The molecule has 1 rings (SSSR count). The van der Waals surface area contributed by atoms with E-state index < -0.39 is 11.6 Å². The van der Waals surface area contributed by atoms with Crippen molar-refractivity contribution in [2.24, 2.45) is 0 Å². The van der Waals surface area contributed by atoms with Crippen LogP contribution < -0.4 is 10.1 Å². The molecule has 1 N–H and O–H groups in total. The van der Waals surface area contributed by atoms with Crippen LogP contribution in [0.5, 0.6) is 5.75 Å². The zero-order valence-electron chi connectivity index (χ0n) is 11.6. The minimum absolute atomic E-state index is 0. The van der Waals surface area contributed by atoms with Crippen molar-refractivity contribution in [1.82, 2.24) is 5.32 Å². The lowest BCUT2D eigenvalue weighted by Gasteiger charge is -2.19. The van der Waals surface area contributed by atoms with Crippen molar-refractivity contribution in [1.29, 1.82) is 0 Å². The first-order valence-corrected chi connectivity index (χ1v) is 6.36. The lowest BCUT2D eigenvalue weighted by atomic mass is 10.1. The molecule has 110 valence electrons. The van der Waals surface area contributed by atoms with Gasteiger partial charge < -0.3 is 10.1 Å². The zero-order valence-corrected chi connectivity index (χ0v) is 12.4. The van der Waals surface area contributed by atoms with Crippen LogP contribution in [0, 0.1) is 18.6 Å². The molecule has 0 bridgehead atoms. The summed E-state index contributed by atoms with van der Waals surface area (Å²) < 4.78 is 32.7. The molecule has 0 aliphatic carbocycles. The Kier molecular flexibility index (Phi) is 8.68. The summed E-state index contributed by atoms with van der Waals surface area (Å²) in [5.74, 6) is -1.70. The second-order valence-corrected chi connectivity index (χ2v) is 4.43.